The Kier molecular flexibility index (Phi) is 7.05. The molecule has 0 amide bonds. The molecule has 2 fully saturated rings. The minimum atomic E-state index is -0.390. The van der Waals surface area contributed by atoms with Gasteiger partial charge in [-0.2, -0.15) is 4.98 Å². The number of rotatable bonds is 8. The number of carbonyl (C=O) groups is 1. The zero-order valence-corrected chi connectivity index (χ0v) is 19.0. The first-order chi connectivity index (χ1) is 15.5. The largest absolute Gasteiger partial charge is 0.475 e. The lowest BCUT2D eigenvalue weighted by Crippen LogP contribution is -2.31. The summed E-state index contributed by atoms with van der Waals surface area (Å²) >= 11 is 0. The molecule has 0 spiro atoms. The topological polar surface area (TPSA) is 126 Å². The summed E-state index contributed by atoms with van der Waals surface area (Å²) in [6.07, 6.45) is 8.44. The van der Waals surface area contributed by atoms with Gasteiger partial charge in [0.1, 0.15) is 30.0 Å². The first-order valence-corrected chi connectivity index (χ1v) is 11.7. The highest BCUT2D eigenvalue weighted by Crippen LogP contribution is 2.40. The number of hydrogen-bond donors (Lipinski definition) is 3. The van der Waals surface area contributed by atoms with Crippen LogP contribution in [0.3, 0.4) is 0 Å². The van der Waals surface area contributed by atoms with Crippen LogP contribution < -0.4 is 16.0 Å². The third-order valence-electron chi connectivity index (χ3n) is 6.79. The molecule has 32 heavy (non-hydrogen) atoms. The third-order valence-corrected chi connectivity index (χ3v) is 6.79. The van der Waals surface area contributed by atoms with Gasteiger partial charge in [-0.15, -0.1) is 5.48 Å². The first kappa shape index (κ1) is 22.7. The number of nitrogens with two attached hydrogens (primary N) is 1. The molecule has 1 saturated heterocycles. The van der Waals surface area contributed by atoms with Crippen molar-refractivity contribution in [1.29, 1.82) is 5.41 Å². The Balaban J connectivity index is 1.63. The highest BCUT2D eigenvalue weighted by Gasteiger charge is 2.38. The van der Waals surface area contributed by atoms with Gasteiger partial charge in [0.2, 0.25) is 5.88 Å². The van der Waals surface area contributed by atoms with Crippen LogP contribution >= 0.6 is 0 Å². The SMILES string of the molecule is CCCC1=C([C@H]2CCCCC2=O)ONC1c1nc(N)c(C=N)c(OCC2CCCN2C)n1. The van der Waals surface area contributed by atoms with E-state index in [1.165, 1.54) is 0 Å². The summed E-state index contributed by atoms with van der Waals surface area (Å²) in [5, 5.41) is 7.76. The van der Waals surface area contributed by atoms with E-state index in [0.717, 1.165) is 69.0 Å². The molecule has 4 rings (SSSR count). The maximum atomic E-state index is 12.6. The fourth-order valence-electron chi connectivity index (χ4n) is 4.92. The number of ether oxygens (including phenoxy) is 1. The van der Waals surface area contributed by atoms with Gasteiger partial charge in [-0.25, -0.2) is 4.98 Å². The number of hydrogen-bond acceptors (Lipinski definition) is 9. The quantitative estimate of drug-likeness (QED) is 0.525. The molecule has 9 heteroatoms. The van der Waals surface area contributed by atoms with Crippen LogP contribution in [0.15, 0.2) is 11.3 Å². The number of Topliss-reactive ketones (excluding diaryl/α,β-unsaturated/α-hetero) is 1. The van der Waals surface area contributed by atoms with E-state index in [4.69, 9.17) is 20.7 Å². The summed E-state index contributed by atoms with van der Waals surface area (Å²) in [4.78, 5) is 29.9. The van der Waals surface area contributed by atoms with E-state index < -0.39 is 6.04 Å². The number of aromatic nitrogens is 2. The molecule has 1 aromatic rings. The average molecular weight is 443 g/mol. The highest BCUT2D eigenvalue weighted by atomic mass is 16.7. The molecule has 1 saturated carbocycles. The molecular weight excluding hydrogens is 408 g/mol. The molecule has 3 aliphatic rings. The number of ketones is 1. The lowest BCUT2D eigenvalue weighted by Gasteiger charge is -2.21. The number of nitrogen functional groups attached to an aromatic ring is 1. The van der Waals surface area contributed by atoms with E-state index in [-0.39, 0.29) is 17.5 Å². The summed E-state index contributed by atoms with van der Waals surface area (Å²) < 4.78 is 6.06. The minimum absolute atomic E-state index is 0.199. The van der Waals surface area contributed by atoms with E-state index >= 15 is 0 Å². The number of likely N-dealkylation sites (N-methyl/N-ethyl adjacent to an activating group) is 1. The summed E-state index contributed by atoms with van der Waals surface area (Å²) in [6, 6.07) is -0.0705. The van der Waals surface area contributed by atoms with Crippen molar-refractivity contribution in [2.75, 3.05) is 25.9 Å². The van der Waals surface area contributed by atoms with E-state index in [2.05, 4.69) is 34.3 Å². The smallest absolute Gasteiger partial charge is 0.228 e. The van der Waals surface area contributed by atoms with Crippen molar-refractivity contribution in [3.05, 3.63) is 22.7 Å². The summed E-state index contributed by atoms with van der Waals surface area (Å²) in [6.45, 7) is 3.64. The van der Waals surface area contributed by atoms with E-state index in [1.54, 1.807) is 0 Å². The van der Waals surface area contributed by atoms with Gasteiger partial charge in [-0.05, 0) is 51.3 Å². The predicted octanol–water partition coefficient (Wildman–Crippen LogP) is 2.92. The molecule has 4 N–H and O–H groups in total. The molecule has 0 radical (unpaired) electrons. The Bertz CT molecular complexity index is 902. The van der Waals surface area contributed by atoms with Crippen molar-refractivity contribution >= 4 is 17.8 Å². The molecule has 0 aromatic carbocycles. The Morgan fingerprint density at radius 1 is 1.31 bits per heavy atom. The van der Waals surface area contributed by atoms with Crippen molar-refractivity contribution < 1.29 is 14.4 Å². The van der Waals surface area contributed by atoms with Crippen molar-refractivity contribution in [1.82, 2.24) is 20.3 Å². The molecule has 0 bridgehead atoms. The Morgan fingerprint density at radius 3 is 2.84 bits per heavy atom. The molecule has 174 valence electrons. The average Bonchev–Trinajstić information content (AvgIpc) is 3.38. The lowest BCUT2D eigenvalue weighted by atomic mass is 9.83. The standard InChI is InChI=1S/C23H34N6O3/c1-3-7-16-19(28-32-20(16)15-9-4-5-10-18(15)30)22-26-21(25)17(12-24)23(27-22)31-13-14-8-6-11-29(14)2/h12,14-15,19,24,28H,3-11,13H2,1-2H3,(H2,25,26,27)/t14?,15-,19?/m0/s1. The number of nitrogens with one attached hydrogen (secondary N) is 2. The van der Waals surface area contributed by atoms with Crippen molar-refractivity contribution in [3.8, 4) is 5.88 Å². The van der Waals surface area contributed by atoms with E-state index in [9.17, 15) is 4.79 Å². The molecule has 3 heterocycles. The monoisotopic (exact) mass is 442 g/mol. The van der Waals surface area contributed by atoms with Gasteiger partial charge in [-0.1, -0.05) is 19.8 Å². The Hall–Kier alpha value is -2.52. The van der Waals surface area contributed by atoms with Crippen LogP contribution in [0.2, 0.25) is 0 Å². The molecule has 1 aliphatic carbocycles. The van der Waals surface area contributed by atoms with Crippen LogP contribution in [-0.2, 0) is 9.63 Å². The summed E-state index contributed by atoms with van der Waals surface area (Å²) in [5.41, 5.74) is 10.6. The van der Waals surface area contributed by atoms with Gasteiger partial charge in [0.25, 0.3) is 0 Å². The third kappa shape index (κ3) is 4.49. The number of allylic oxidation sites excluding steroid dienone is 1. The number of hydroxylamine groups is 1. The van der Waals surface area contributed by atoms with Gasteiger partial charge in [0.05, 0.1) is 11.5 Å². The van der Waals surface area contributed by atoms with Crippen molar-refractivity contribution in [3.63, 3.8) is 0 Å². The highest BCUT2D eigenvalue weighted by molar-refractivity contribution is 5.86. The van der Waals surface area contributed by atoms with Crippen LogP contribution in [-0.4, -0.2) is 53.1 Å². The maximum Gasteiger partial charge on any atom is 0.228 e. The molecule has 1 aromatic heterocycles. The van der Waals surface area contributed by atoms with Crippen LogP contribution in [0, 0.1) is 11.3 Å². The zero-order valence-electron chi connectivity index (χ0n) is 19.0. The van der Waals surface area contributed by atoms with Crippen molar-refractivity contribution in [2.24, 2.45) is 5.92 Å². The van der Waals surface area contributed by atoms with Gasteiger partial charge in [-0.3, -0.25) is 4.79 Å². The fourth-order valence-corrected chi connectivity index (χ4v) is 4.92. The number of carbonyl (C=O) groups excluding carboxylic acids is 1. The minimum Gasteiger partial charge on any atom is -0.475 e. The van der Waals surface area contributed by atoms with Gasteiger partial charge in [0, 0.05) is 18.7 Å². The molecule has 2 aliphatic heterocycles. The summed E-state index contributed by atoms with van der Waals surface area (Å²) in [7, 11) is 2.09. The Morgan fingerprint density at radius 2 is 2.16 bits per heavy atom. The lowest BCUT2D eigenvalue weighted by molar-refractivity contribution is -0.124. The summed E-state index contributed by atoms with van der Waals surface area (Å²) in [5.74, 6) is 1.75. The number of likely N-dealkylation sites (tertiary alicyclic amines) is 1. The predicted molar refractivity (Wildman–Crippen MR) is 121 cm³/mol. The van der Waals surface area contributed by atoms with Crippen molar-refractivity contribution in [2.45, 2.75) is 70.4 Å². The normalized spacial score (nSPS) is 26.4. The second-order valence-electron chi connectivity index (χ2n) is 8.97. The van der Waals surface area contributed by atoms with Gasteiger partial charge >= 0.3 is 0 Å². The van der Waals surface area contributed by atoms with Gasteiger partial charge in [0.15, 0.2) is 5.82 Å². The number of nitrogens with zero attached hydrogens (tertiary/aromatic N) is 3. The Labute approximate surface area is 189 Å². The van der Waals surface area contributed by atoms with Crippen LogP contribution in [0.5, 0.6) is 5.88 Å². The van der Waals surface area contributed by atoms with Gasteiger partial charge < -0.3 is 25.6 Å². The second kappa shape index (κ2) is 9.95. The van der Waals surface area contributed by atoms with E-state index in [1.807, 2.05) is 0 Å². The molecule has 2 unspecified atom stereocenters. The van der Waals surface area contributed by atoms with Crippen LogP contribution in [0.1, 0.15) is 75.7 Å². The fraction of sp³-hybridized carbons (Fsp3) is 0.652. The molecule has 3 atom stereocenters. The zero-order chi connectivity index (χ0) is 22.7. The molecule has 9 nitrogen and oxygen atoms in total. The maximum absolute atomic E-state index is 12.6. The first-order valence-electron chi connectivity index (χ1n) is 11.7. The van der Waals surface area contributed by atoms with Crippen LogP contribution in [0.25, 0.3) is 0 Å². The van der Waals surface area contributed by atoms with E-state index in [0.29, 0.717) is 36.3 Å². The second-order valence-corrected chi connectivity index (χ2v) is 8.97. The molecular formula is C23H34N6O3. The number of anilines is 1. The van der Waals surface area contributed by atoms with Crippen LogP contribution in [0.4, 0.5) is 5.82 Å².